The highest BCUT2D eigenvalue weighted by molar-refractivity contribution is 6.33. The molecular weight excluding hydrogens is 432 g/mol. The van der Waals surface area contributed by atoms with Crippen molar-refractivity contribution in [2.45, 2.75) is 0 Å². The summed E-state index contributed by atoms with van der Waals surface area (Å²) in [6.07, 6.45) is 0. The summed E-state index contributed by atoms with van der Waals surface area (Å²) in [4.78, 5) is 26.3. The van der Waals surface area contributed by atoms with E-state index in [0.717, 1.165) is 32.3 Å². The van der Waals surface area contributed by atoms with Gasteiger partial charge < -0.3 is 18.9 Å². The second-order valence-electron chi connectivity index (χ2n) is 7.88. The highest BCUT2D eigenvalue weighted by Gasteiger charge is 2.28. The van der Waals surface area contributed by atoms with Gasteiger partial charge in [0.15, 0.2) is 0 Å². The summed E-state index contributed by atoms with van der Waals surface area (Å²) in [5.74, 6) is 0.0881. The van der Waals surface area contributed by atoms with Crippen LogP contribution in [0.3, 0.4) is 0 Å². The Bertz CT molecular complexity index is 1630. The maximum absolute atomic E-state index is 13.2. The van der Waals surface area contributed by atoms with Crippen molar-refractivity contribution >= 4 is 55.0 Å². The van der Waals surface area contributed by atoms with Crippen LogP contribution in [0.25, 0.3) is 43.1 Å². The van der Waals surface area contributed by atoms with Crippen molar-refractivity contribution in [3.63, 3.8) is 0 Å². The van der Waals surface area contributed by atoms with Crippen molar-refractivity contribution in [2.24, 2.45) is 0 Å². The van der Waals surface area contributed by atoms with Crippen molar-refractivity contribution in [1.82, 2.24) is 0 Å². The van der Waals surface area contributed by atoms with Crippen molar-refractivity contribution in [2.75, 3.05) is 28.4 Å². The fourth-order valence-electron chi connectivity index (χ4n) is 4.71. The number of hydrogen-bond donors (Lipinski definition) is 0. The number of rotatable bonds is 4. The van der Waals surface area contributed by atoms with Gasteiger partial charge in [-0.1, -0.05) is 36.4 Å². The fourth-order valence-corrected chi connectivity index (χ4v) is 4.71. The minimum Gasteiger partial charge on any atom is -0.497 e. The van der Waals surface area contributed by atoms with E-state index in [9.17, 15) is 9.59 Å². The van der Waals surface area contributed by atoms with Crippen molar-refractivity contribution < 1.29 is 28.5 Å². The van der Waals surface area contributed by atoms with E-state index in [4.69, 9.17) is 18.9 Å². The van der Waals surface area contributed by atoms with Gasteiger partial charge in [-0.2, -0.15) is 0 Å². The zero-order valence-electron chi connectivity index (χ0n) is 19.2. The molecule has 0 saturated heterocycles. The van der Waals surface area contributed by atoms with E-state index < -0.39 is 11.9 Å². The van der Waals surface area contributed by atoms with Gasteiger partial charge in [0.2, 0.25) is 0 Å². The molecule has 0 aliphatic heterocycles. The topological polar surface area (TPSA) is 71.1 Å². The Morgan fingerprint density at radius 2 is 1.00 bits per heavy atom. The molecule has 0 heterocycles. The normalized spacial score (nSPS) is 11.2. The van der Waals surface area contributed by atoms with Crippen LogP contribution in [-0.2, 0) is 9.47 Å². The van der Waals surface area contributed by atoms with Crippen LogP contribution in [-0.4, -0.2) is 40.4 Å². The minimum atomic E-state index is -0.617. The molecule has 0 bridgehead atoms. The third-order valence-electron chi connectivity index (χ3n) is 6.28. The summed E-state index contributed by atoms with van der Waals surface area (Å²) in [5.41, 5.74) is 0.329. The second-order valence-corrected chi connectivity index (χ2v) is 7.88. The van der Waals surface area contributed by atoms with Gasteiger partial charge in [0.25, 0.3) is 0 Å². The molecule has 0 fully saturated rings. The Hall–Kier alpha value is -4.32. The molecule has 5 rings (SSSR count). The highest BCUT2D eigenvalue weighted by Crippen LogP contribution is 2.42. The monoisotopic (exact) mass is 454 g/mol. The predicted octanol–water partition coefficient (Wildman–Crippen LogP) is 5.89. The standard InChI is InChI=1S/C28H22O6/c1-31-17-9-5-15-8-12-20-23(21(15)13-17)19-11-7-16-6-10-18(32-2)14-22(16)24(19)26(28(30)34-4)25(20)27(29)33-3/h5-14H,1-4H3. The van der Waals surface area contributed by atoms with Gasteiger partial charge in [-0.25, -0.2) is 9.59 Å². The molecular formula is C28H22O6. The molecule has 0 radical (unpaired) electrons. The number of ether oxygens (including phenoxy) is 4. The summed E-state index contributed by atoms with van der Waals surface area (Å²) in [6, 6.07) is 19.2. The summed E-state index contributed by atoms with van der Waals surface area (Å²) in [5, 5.41) is 6.37. The van der Waals surface area contributed by atoms with E-state index in [0.29, 0.717) is 22.3 Å². The van der Waals surface area contributed by atoms with E-state index in [1.165, 1.54) is 14.2 Å². The Labute approximate surface area is 195 Å². The summed E-state index contributed by atoms with van der Waals surface area (Å²) >= 11 is 0. The van der Waals surface area contributed by atoms with E-state index in [1.807, 2.05) is 60.7 Å². The first-order valence-electron chi connectivity index (χ1n) is 10.7. The van der Waals surface area contributed by atoms with Crippen LogP contribution >= 0.6 is 0 Å². The Balaban J connectivity index is 2.16. The number of esters is 2. The van der Waals surface area contributed by atoms with Crippen LogP contribution in [0.4, 0.5) is 0 Å². The van der Waals surface area contributed by atoms with Crippen molar-refractivity contribution in [3.8, 4) is 11.5 Å². The van der Waals surface area contributed by atoms with Gasteiger partial charge in [0, 0.05) is 5.39 Å². The number of hydrogen-bond acceptors (Lipinski definition) is 6. The lowest BCUT2D eigenvalue weighted by Crippen LogP contribution is -2.14. The molecule has 0 atom stereocenters. The number of methoxy groups -OCH3 is 4. The molecule has 5 aromatic carbocycles. The predicted molar refractivity (Wildman–Crippen MR) is 132 cm³/mol. The SMILES string of the molecule is COC(=O)c1c(C(=O)OC)c2c3cc(OC)ccc3ccc2c2c1ccc1ccc(OC)cc12. The highest BCUT2D eigenvalue weighted by atomic mass is 16.5. The van der Waals surface area contributed by atoms with E-state index in [2.05, 4.69) is 0 Å². The first-order valence-corrected chi connectivity index (χ1v) is 10.7. The largest absolute Gasteiger partial charge is 0.497 e. The van der Waals surface area contributed by atoms with Gasteiger partial charge in [0.1, 0.15) is 11.5 Å². The van der Waals surface area contributed by atoms with Gasteiger partial charge in [-0.3, -0.25) is 0 Å². The van der Waals surface area contributed by atoms with Crippen LogP contribution < -0.4 is 9.47 Å². The number of benzene rings is 5. The average molecular weight is 454 g/mol. The molecule has 0 N–H and O–H groups in total. The molecule has 0 saturated carbocycles. The van der Waals surface area contributed by atoms with Gasteiger partial charge in [0.05, 0.1) is 39.6 Å². The zero-order valence-corrected chi connectivity index (χ0v) is 19.2. The Kier molecular flexibility index (Phi) is 5.21. The molecule has 6 nitrogen and oxygen atoms in total. The molecule has 34 heavy (non-hydrogen) atoms. The lowest BCUT2D eigenvalue weighted by molar-refractivity contribution is 0.0559. The third kappa shape index (κ3) is 3.10. The summed E-state index contributed by atoms with van der Waals surface area (Å²) in [6.45, 7) is 0. The fraction of sp³-hybridized carbons (Fsp3) is 0.143. The van der Waals surface area contributed by atoms with Crippen molar-refractivity contribution in [1.29, 1.82) is 0 Å². The molecule has 0 aromatic heterocycles. The maximum Gasteiger partial charge on any atom is 0.339 e. The third-order valence-corrected chi connectivity index (χ3v) is 6.28. The van der Waals surface area contributed by atoms with Gasteiger partial charge in [-0.05, 0) is 62.0 Å². The molecule has 6 heteroatoms. The number of fused-ring (bicyclic) bond motifs is 7. The van der Waals surface area contributed by atoms with Crippen LogP contribution in [0.15, 0.2) is 60.7 Å². The molecule has 0 amide bonds. The van der Waals surface area contributed by atoms with E-state index >= 15 is 0 Å². The Morgan fingerprint density at radius 3 is 1.53 bits per heavy atom. The summed E-state index contributed by atoms with van der Waals surface area (Å²) < 4.78 is 21.2. The van der Waals surface area contributed by atoms with E-state index in [-0.39, 0.29) is 11.1 Å². The zero-order chi connectivity index (χ0) is 24.0. The minimum absolute atomic E-state index is 0.164. The van der Waals surface area contributed by atoms with E-state index in [1.54, 1.807) is 14.2 Å². The van der Waals surface area contributed by atoms with Crippen LogP contribution in [0, 0.1) is 0 Å². The van der Waals surface area contributed by atoms with Crippen LogP contribution in [0.5, 0.6) is 11.5 Å². The van der Waals surface area contributed by atoms with Crippen LogP contribution in [0.2, 0.25) is 0 Å². The number of carbonyl (C=O) groups is 2. The molecule has 5 aromatic rings. The average Bonchev–Trinajstić information content (AvgIpc) is 2.89. The Morgan fingerprint density at radius 1 is 0.529 bits per heavy atom. The molecule has 0 spiro atoms. The first kappa shape index (κ1) is 21.5. The quantitative estimate of drug-likeness (QED) is 0.249. The van der Waals surface area contributed by atoms with Crippen LogP contribution in [0.1, 0.15) is 20.7 Å². The summed E-state index contributed by atoms with van der Waals surface area (Å²) in [7, 11) is 5.80. The van der Waals surface area contributed by atoms with Gasteiger partial charge >= 0.3 is 11.9 Å². The first-order chi connectivity index (χ1) is 16.5. The lowest BCUT2D eigenvalue weighted by atomic mass is 9.86. The second kappa shape index (κ2) is 8.23. The van der Waals surface area contributed by atoms with Gasteiger partial charge in [-0.15, -0.1) is 0 Å². The molecule has 170 valence electrons. The van der Waals surface area contributed by atoms with Crippen molar-refractivity contribution in [3.05, 3.63) is 71.8 Å². The smallest absolute Gasteiger partial charge is 0.339 e. The maximum atomic E-state index is 13.2. The molecule has 0 unspecified atom stereocenters. The molecule has 0 aliphatic rings. The lowest BCUT2D eigenvalue weighted by Gasteiger charge is -2.18. The number of carbonyl (C=O) groups excluding carboxylic acids is 2. The molecule has 0 aliphatic carbocycles.